The van der Waals surface area contributed by atoms with Crippen molar-refractivity contribution < 1.29 is 18.7 Å². The van der Waals surface area contributed by atoms with Gasteiger partial charge in [0.05, 0.1) is 18.4 Å². The Morgan fingerprint density at radius 3 is 2.41 bits per heavy atom. The van der Waals surface area contributed by atoms with Crippen LogP contribution in [0, 0.1) is 11.7 Å². The highest BCUT2D eigenvalue weighted by Gasteiger charge is 2.27. The van der Waals surface area contributed by atoms with Gasteiger partial charge in [0, 0.05) is 11.5 Å². The Balaban J connectivity index is 1.82. The molecule has 0 spiro atoms. The number of para-hydroxylation sites is 1. The first-order valence-corrected chi connectivity index (χ1v) is 8.96. The number of rotatable bonds is 5. The highest BCUT2D eigenvalue weighted by Crippen LogP contribution is 2.33. The highest BCUT2D eigenvalue weighted by molar-refractivity contribution is 6.07. The average molecular weight is 370 g/mol. The number of piperidine rings is 1. The second-order valence-corrected chi connectivity index (χ2v) is 6.79. The van der Waals surface area contributed by atoms with E-state index in [2.05, 4.69) is 10.2 Å². The molecular formula is C21H23FN2O3. The number of Topliss-reactive ketones (excluding diaryl/α,β-unsaturated/α-hetero) is 1. The molecule has 1 saturated heterocycles. The molecule has 3 rings (SSSR count). The third-order valence-electron chi connectivity index (χ3n) is 4.93. The predicted molar refractivity (Wildman–Crippen MR) is 102 cm³/mol. The van der Waals surface area contributed by atoms with Gasteiger partial charge in [-0.2, -0.15) is 0 Å². The first-order chi connectivity index (χ1) is 13.0. The van der Waals surface area contributed by atoms with Crippen LogP contribution in [-0.2, 0) is 0 Å². The molecule has 0 bridgehead atoms. The van der Waals surface area contributed by atoms with Crippen molar-refractivity contribution in [3.05, 3.63) is 59.4 Å². The minimum atomic E-state index is -0.408. The number of amides is 1. The van der Waals surface area contributed by atoms with E-state index in [1.54, 1.807) is 18.2 Å². The second-order valence-electron chi connectivity index (χ2n) is 6.79. The molecule has 0 aromatic heterocycles. The van der Waals surface area contributed by atoms with Crippen molar-refractivity contribution in [1.29, 1.82) is 0 Å². The molecule has 1 aliphatic heterocycles. The van der Waals surface area contributed by atoms with E-state index in [0.717, 1.165) is 25.9 Å². The van der Waals surface area contributed by atoms with Gasteiger partial charge in [-0.05, 0) is 69.4 Å². The van der Waals surface area contributed by atoms with Gasteiger partial charge in [-0.25, -0.2) is 4.39 Å². The van der Waals surface area contributed by atoms with Crippen molar-refractivity contribution in [3.63, 3.8) is 0 Å². The predicted octanol–water partition coefficient (Wildman–Crippen LogP) is 3.61. The first kappa shape index (κ1) is 19.0. The molecule has 0 unspecified atom stereocenters. The minimum absolute atomic E-state index is 0.0397. The van der Waals surface area contributed by atoms with Crippen LogP contribution in [-0.4, -0.2) is 43.8 Å². The van der Waals surface area contributed by atoms with Crippen molar-refractivity contribution in [3.8, 4) is 5.75 Å². The molecule has 27 heavy (non-hydrogen) atoms. The highest BCUT2D eigenvalue weighted by atomic mass is 19.1. The number of benzene rings is 2. The maximum atomic E-state index is 13.0. The summed E-state index contributed by atoms with van der Waals surface area (Å²) in [6, 6.07) is 10.4. The fourth-order valence-corrected chi connectivity index (χ4v) is 3.34. The Hall–Kier alpha value is -2.73. The Morgan fingerprint density at radius 2 is 1.78 bits per heavy atom. The molecule has 1 fully saturated rings. The topological polar surface area (TPSA) is 58.6 Å². The van der Waals surface area contributed by atoms with Crippen LogP contribution >= 0.6 is 0 Å². The quantitative estimate of drug-likeness (QED) is 0.817. The fraction of sp³-hybridized carbons (Fsp3) is 0.333. The van der Waals surface area contributed by atoms with Gasteiger partial charge in [0.2, 0.25) is 0 Å². The number of hydrogen-bond donors (Lipinski definition) is 1. The Labute approximate surface area is 158 Å². The summed E-state index contributed by atoms with van der Waals surface area (Å²) in [6.07, 6.45) is 1.62. The molecule has 1 amide bonds. The lowest BCUT2D eigenvalue weighted by Crippen LogP contribution is -2.33. The van der Waals surface area contributed by atoms with Crippen molar-refractivity contribution in [2.45, 2.75) is 12.8 Å². The minimum Gasteiger partial charge on any atom is -0.494 e. The van der Waals surface area contributed by atoms with Crippen LogP contribution in [0.5, 0.6) is 5.75 Å². The molecule has 6 heteroatoms. The van der Waals surface area contributed by atoms with Gasteiger partial charge in [0.1, 0.15) is 5.82 Å². The molecule has 0 atom stereocenters. The molecule has 5 nitrogen and oxygen atoms in total. The molecule has 1 heterocycles. The van der Waals surface area contributed by atoms with E-state index in [1.165, 1.54) is 31.4 Å². The monoisotopic (exact) mass is 370 g/mol. The maximum absolute atomic E-state index is 13.0. The van der Waals surface area contributed by atoms with E-state index in [0.29, 0.717) is 22.6 Å². The van der Waals surface area contributed by atoms with Crippen molar-refractivity contribution in [2.24, 2.45) is 5.92 Å². The average Bonchev–Trinajstić information content (AvgIpc) is 2.68. The van der Waals surface area contributed by atoms with Gasteiger partial charge in [-0.1, -0.05) is 6.07 Å². The van der Waals surface area contributed by atoms with Gasteiger partial charge in [0.25, 0.3) is 5.91 Å². The summed E-state index contributed by atoms with van der Waals surface area (Å²) in [7, 11) is 3.53. The number of methoxy groups -OCH3 is 1. The lowest BCUT2D eigenvalue weighted by atomic mass is 9.88. The van der Waals surface area contributed by atoms with E-state index in [4.69, 9.17) is 4.74 Å². The van der Waals surface area contributed by atoms with Gasteiger partial charge < -0.3 is 15.0 Å². The lowest BCUT2D eigenvalue weighted by molar-refractivity contribution is 0.0853. The molecule has 0 radical (unpaired) electrons. The SMILES string of the molecule is COc1c(NC(=O)c2ccc(F)cc2)cccc1C(=O)C1CCN(C)CC1. The number of halogens is 1. The number of carbonyl (C=O) groups is 2. The van der Waals surface area contributed by atoms with E-state index in [1.807, 2.05) is 7.05 Å². The van der Waals surface area contributed by atoms with Crippen LogP contribution in [0.2, 0.25) is 0 Å². The summed E-state index contributed by atoms with van der Waals surface area (Å²) in [4.78, 5) is 27.6. The van der Waals surface area contributed by atoms with Gasteiger partial charge >= 0.3 is 0 Å². The number of carbonyl (C=O) groups excluding carboxylic acids is 2. The summed E-state index contributed by atoms with van der Waals surface area (Å²) in [5.41, 5.74) is 1.22. The summed E-state index contributed by atoms with van der Waals surface area (Å²) < 4.78 is 18.5. The number of likely N-dealkylation sites (tertiary alicyclic amines) is 1. The largest absolute Gasteiger partial charge is 0.494 e. The number of ketones is 1. The number of nitrogens with zero attached hydrogens (tertiary/aromatic N) is 1. The molecule has 1 N–H and O–H groups in total. The standard InChI is InChI=1S/C21H23FN2O3/c1-24-12-10-14(11-13-24)19(25)17-4-3-5-18(20(17)27-2)23-21(26)15-6-8-16(22)9-7-15/h3-9,14H,10-13H2,1-2H3,(H,23,26). The Bertz CT molecular complexity index is 828. The summed E-state index contributed by atoms with van der Waals surface area (Å²) >= 11 is 0. The molecular weight excluding hydrogens is 347 g/mol. The van der Waals surface area contributed by atoms with Gasteiger partial charge in [0.15, 0.2) is 11.5 Å². The molecule has 2 aromatic rings. The lowest BCUT2D eigenvalue weighted by Gasteiger charge is -2.28. The maximum Gasteiger partial charge on any atom is 0.255 e. The normalized spacial score (nSPS) is 15.4. The zero-order valence-electron chi connectivity index (χ0n) is 15.5. The fourth-order valence-electron chi connectivity index (χ4n) is 3.34. The smallest absolute Gasteiger partial charge is 0.255 e. The Morgan fingerprint density at radius 1 is 1.11 bits per heavy atom. The van der Waals surface area contributed by atoms with E-state index >= 15 is 0 Å². The molecule has 0 aliphatic carbocycles. The van der Waals surface area contributed by atoms with Gasteiger partial charge in [-0.3, -0.25) is 9.59 Å². The van der Waals surface area contributed by atoms with Crippen molar-refractivity contribution in [2.75, 3.05) is 32.6 Å². The van der Waals surface area contributed by atoms with E-state index in [-0.39, 0.29) is 11.7 Å². The van der Waals surface area contributed by atoms with Crippen molar-refractivity contribution >= 4 is 17.4 Å². The van der Waals surface area contributed by atoms with Crippen LogP contribution in [0.3, 0.4) is 0 Å². The number of anilines is 1. The Kier molecular flexibility index (Phi) is 5.86. The first-order valence-electron chi connectivity index (χ1n) is 8.96. The van der Waals surface area contributed by atoms with E-state index in [9.17, 15) is 14.0 Å². The number of nitrogens with one attached hydrogen (secondary N) is 1. The van der Waals surface area contributed by atoms with Gasteiger partial charge in [-0.15, -0.1) is 0 Å². The van der Waals surface area contributed by atoms with Crippen LogP contribution in [0.15, 0.2) is 42.5 Å². The van der Waals surface area contributed by atoms with Crippen LogP contribution < -0.4 is 10.1 Å². The summed E-state index contributed by atoms with van der Waals surface area (Å²) in [5, 5.41) is 2.76. The third-order valence-corrected chi connectivity index (χ3v) is 4.93. The molecule has 0 saturated carbocycles. The van der Waals surface area contributed by atoms with Crippen LogP contribution in [0.1, 0.15) is 33.6 Å². The van der Waals surface area contributed by atoms with Crippen LogP contribution in [0.25, 0.3) is 0 Å². The molecule has 1 aliphatic rings. The number of hydrogen-bond acceptors (Lipinski definition) is 4. The van der Waals surface area contributed by atoms with Crippen molar-refractivity contribution in [1.82, 2.24) is 4.90 Å². The molecule has 2 aromatic carbocycles. The number of ether oxygens (including phenoxy) is 1. The van der Waals surface area contributed by atoms with Crippen LogP contribution in [0.4, 0.5) is 10.1 Å². The summed E-state index contributed by atoms with van der Waals surface area (Å²) in [6.45, 7) is 1.78. The zero-order valence-corrected chi connectivity index (χ0v) is 15.5. The zero-order chi connectivity index (χ0) is 19.4. The second kappa shape index (κ2) is 8.31. The molecule has 142 valence electrons. The van der Waals surface area contributed by atoms with E-state index < -0.39 is 11.7 Å². The summed E-state index contributed by atoms with van der Waals surface area (Å²) in [5.74, 6) is -0.445. The third kappa shape index (κ3) is 4.34.